The summed E-state index contributed by atoms with van der Waals surface area (Å²) in [5, 5.41) is 14.9. The van der Waals surface area contributed by atoms with Crippen LogP contribution in [0.2, 0.25) is 0 Å². The van der Waals surface area contributed by atoms with Gasteiger partial charge in [0.05, 0.1) is 17.6 Å². The number of para-hydroxylation sites is 1. The summed E-state index contributed by atoms with van der Waals surface area (Å²) in [6.07, 6.45) is 2.81. The molecule has 0 fully saturated rings. The molecule has 0 spiro atoms. The lowest BCUT2D eigenvalue weighted by Crippen LogP contribution is -2.24. The van der Waals surface area contributed by atoms with Crippen molar-refractivity contribution in [2.24, 2.45) is 0 Å². The zero-order chi connectivity index (χ0) is 20.4. The van der Waals surface area contributed by atoms with Gasteiger partial charge in [0, 0.05) is 34.7 Å². The molecule has 0 bridgehead atoms. The number of hydrogen-bond donors (Lipinski definition) is 1. The maximum atomic E-state index is 12.4. The van der Waals surface area contributed by atoms with Crippen LogP contribution >= 0.6 is 0 Å². The molecule has 0 unspecified atom stereocenters. The minimum Gasteiger partial charge on any atom is -0.467 e. The van der Waals surface area contributed by atoms with Gasteiger partial charge in [-0.25, -0.2) is 0 Å². The zero-order valence-electron chi connectivity index (χ0n) is 15.6. The molecule has 8 nitrogen and oxygen atoms in total. The number of nitro benzene ring substituents is 1. The molecular weight excluding hydrogens is 376 g/mol. The number of nitrogens with zero attached hydrogens (tertiary/aromatic N) is 1. The first-order valence-corrected chi connectivity index (χ1v) is 9.00. The quantitative estimate of drug-likeness (QED) is 0.397. The van der Waals surface area contributed by atoms with Gasteiger partial charge < -0.3 is 19.2 Å². The topological polar surface area (TPSA) is 104 Å². The molecule has 1 N–H and O–H groups in total. The molecule has 0 saturated carbocycles. The fraction of sp³-hybridized carbons (Fsp3) is 0.190. The third-order valence-corrected chi connectivity index (χ3v) is 4.58. The van der Waals surface area contributed by atoms with E-state index in [0.717, 1.165) is 11.0 Å². The number of rotatable bonds is 5. The van der Waals surface area contributed by atoms with Crippen molar-refractivity contribution in [3.8, 4) is 5.75 Å². The first-order chi connectivity index (χ1) is 14.0. The summed E-state index contributed by atoms with van der Waals surface area (Å²) < 4.78 is 16.4. The van der Waals surface area contributed by atoms with Crippen LogP contribution < -0.4 is 10.1 Å². The molecule has 29 heavy (non-hydrogen) atoms. The number of carbonyl (C=O) groups is 1. The lowest BCUT2D eigenvalue weighted by atomic mass is 10.1. The van der Waals surface area contributed by atoms with Gasteiger partial charge in [0.1, 0.15) is 17.1 Å². The molecule has 1 atom stereocenters. The van der Waals surface area contributed by atoms with E-state index in [0.29, 0.717) is 22.6 Å². The van der Waals surface area contributed by atoms with Crippen molar-refractivity contribution in [1.29, 1.82) is 0 Å². The first-order valence-electron chi connectivity index (χ1n) is 9.00. The van der Waals surface area contributed by atoms with Crippen LogP contribution in [-0.4, -0.2) is 17.6 Å². The Morgan fingerprint density at radius 2 is 2.10 bits per heavy atom. The number of ether oxygens (including phenoxy) is 2. The highest BCUT2D eigenvalue weighted by atomic mass is 16.7. The van der Waals surface area contributed by atoms with Crippen LogP contribution in [0.3, 0.4) is 0 Å². The molecule has 0 saturated heterocycles. The van der Waals surface area contributed by atoms with E-state index in [-0.39, 0.29) is 31.0 Å². The molecule has 4 rings (SSSR count). The summed E-state index contributed by atoms with van der Waals surface area (Å²) in [4.78, 5) is 23.0. The van der Waals surface area contributed by atoms with Crippen LogP contribution in [0.15, 0.2) is 53.0 Å². The lowest BCUT2D eigenvalue weighted by molar-refractivity contribution is -0.385. The summed E-state index contributed by atoms with van der Waals surface area (Å²) in [5.41, 5.74) is 1.68. The monoisotopic (exact) mass is 394 g/mol. The molecule has 148 valence electrons. The average molecular weight is 394 g/mol. The summed E-state index contributed by atoms with van der Waals surface area (Å²) in [6.45, 7) is 2.09. The summed E-state index contributed by atoms with van der Waals surface area (Å²) in [5.74, 6) is 0.766. The first kappa shape index (κ1) is 18.7. The van der Waals surface area contributed by atoms with Crippen molar-refractivity contribution in [2.75, 3.05) is 6.79 Å². The number of furan rings is 1. The molecule has 2 heterocycles. The standard InChI is InChI=1S/C21H18N2O6/c1-13(19-10-14-4-2-3-5-18(14)29-19)22-20(24)7-6-15-8-17(23(25)26)9-16-11-27-12-28-21(15)16/h2-10,13H,11-12H2,1H3,(H,22,24)/b7-6+/t13-/m0/s1. The van der Waals surface area contributed by atoms with Gasteiger partial charge in [-0.1, -0.05) is 18.2 Å². The van der Waals surface area contributed by atoms with Gasteiger partial charge in [-0.3, -0.25) is 14.9 Å². The second-order valence-corrected chi connectivity index (χ2v) is 6.64. The third-order valence-electron chi connectivity index (χ3n) is 4.58. The normalized spacial score (nSPS) is 14.4. The van der Waals surface area contributed by atoms with Crippen LogP contribution in [0, 0.1) is 10.1 Å². The highest BCUT2D eigenvalue weighted by molar-refractivity contribution is 5.92. The van der Waals surface area contributed by atoms with E-state index in [1.807, 2.05) is 37.3 Å². The molecule has 3 aromatic rings. The maximum Gasteiger partial charge on any atom is 0.270 e. The highest BCUT2D eigenvalue weighted by Crippen LogP contribution is 2.33. The fourth-order valence-corrected chi connectivity index (χ4v) is 3.17. The predicted octanol–water partition coefficient (Wildman–Crippen LogP) is 4.10. The van der Waals surface area contributed by atoms with Crippen molar-refractivity contribution in [3.63, 3.8) is 0 Å². The van der Waals surface area contributed by atoms with Crippen LogP contribution in [0.4, 0.5) is 5.69 Å². The molecule has 0 radical (unpaired) electrons. The minimum atomic E-state index is -0.490. The van der Waals surface area contributed by atoms with E-state index in [1.54, 1.807) is 0 Å². The van der Waals surface area contributed by atoms with Gasteiger partial charge in [-0.2, -0.15) is 0 Å². The molecule has 1 aliphatic rings. The molecule has 0 aliphatic carbocycles. The number of amides is 1. The summed E-state index contributed by atoms with van der Waals surface area (Å²) in [7, 11) is 0. The van der Waals surface area contributed by atoms with Gasteiger partial charge in [-0.15, -0.1) is 0 Å². The SMILES string of the molecule is C[C@H](NC(=O)/C=C/c1cc([N+](=O)[O-])cc2c1OCOC2)c1cc2ccccc2o1. The van der Waals surface area contributed by atoms with Crippen LogP contribution in [-0.2, 0) is 16.1 Å². The Hall–Kier alpha value is -3.65. The molecule has 1 amide bonds. The number of hydrogen-bond acceptors (Lipinski definition) is 6. The van der Waals surface area contributed by atoms with Crippen molar-refractivity contribution < 1.29 is 23.6 Å². The third kappa shape index (κ3) is 3.97. The van der Waals surface area contributed by atoms with E-state index in [1.165, 1.54) is 24.3 Å². The van der Waals surface area contributed by atoms with Gasteiger partial charge in [0.25, 0.3) is 5.69 Å². The van der Waals surface area contributed by atoms with E-state index in [2.05, 4.69) is 5.32 Å². The minimum absolute atomic E-state index is 0.0565. The van der Waals surface area contributed by atoms with Gasteiger partial charge in [0.15, 0.2) is 6.79 Å². The number of carbonyl (C=O) groups excluding carboxylic acids is 1. The second kappa shape index (κ2) is 7.76. The van der Waals surface area contributed by atoms with E-state index >= 15 is 0 Å². The van der Waals surface area contributed by atoms with Crippen molar-refractivity contribution >= 4 is 28.6 Å². The van der Waals surface area contributed by atoms with E-state index < -0.39 is 4.92 Å². The lowest BCUT2D eigenvalue weighted by Gasteiger charge is -2.19. The van der Waals surface area contributed by atoms with Gasteiger partial charge >= 0.3 is 0 Å². The molecule has 1 aliphatic heterocycles. The number of benzene rings is 2. The molecule has 8 heteroatoms. The Morgan fingerprint density at radius 1 is 1.28 bits per heavy atom. The van der Waals surface area contributed by atoms with Crippen LogP contribution in [0.25, 0.3) is 17.0 Å². The Bertz CT molecular complexity index is 1080. The Kier molecular flexibility index (Phi) is 5.01. The van der Waals surface area contributed by atoms with Crippen LogP contribution in [0.1, 0.15) is 29.9 Å². The molecule has 2 aromatic carbocycles. The highest BCUT2D eigenvalue weighted by Gasteiger charge is 2.20. The van der Waals surface area contributed by atoms with Crippen LogP contribution in [0.5, 0.6) is 5.75 Å². The van der Waals surface area contributed by atoms with Crippen molar-refractivity contribution in [1.82, 2.24) is 5.32 Å². The average Bonchev–Trinajstić information content (AvgIpc) is 3.16. The number of fused-ring (bicyclic) bond motifs is 2. The predicted molar refractivity (Wildman–Crippen MR) is 105 cm³/mol. The Morgan fingerprint density at radius 3 is 2.90 bits per heavy atom. The Labute approximate surface area is 165 Å². The van der Waals surface area contributed by atoms with Gasteiger partial charge in [0.2, 0.25) is 5.91 Å². The zero-order valence-corrected chi connectivity index (χ0v) is 15.6. The Balaban J connectivity index is 1.52. The summed E-state index contributed by atoms with van der Waals surface area (Å²) >= 11 is 0. The van der Waals surface area contributed by atoms with E-state index in [4.69, 9.17) is 13.9 Å². The smallest absolute Gasteiger partial charge is 0.270 e. The largest absolute Gasteiger partial charge is 0.467 e. The van der Waals surface area contributed by atoms with Crippen molar-refractivity contribution in [2.45, 2.75) is 19.6 Å². The molecular formula is C21H18N2O6. The number of non-ortho nitro benzene ring substituents is 1. The number of nitro groups is 1. The van der Waals surface area contributed by atoms with E-state index in [9.17, 15) is 14.9 Å². The van der Waals surface area contributed by atoms with Crippen molar-refractivity contribution in [3.05, 3.63) is 75.5 Å². The fourth-order valence-electron chi connectivity index (χ4n) is 3.17. The maximum absolute atomic E-state index is 12.4. The van der Waals surface area contributed by atoms with Gasteiger partial charge in [-0.05, 0) is 25.1 Å². The summed E-state index contributed by atoms with van der Waals surface area (Å²) in [6, 6.07) is 11.9. The second-order valence-electron chi connectivity index (χ2n) is 6.64. The number of nitrogens with one attached hydrogen (secondary N) is 1. The molecule has 1 aromatic heterocycles.